The fraction of sp³-hybridized carbons (Fsp3) is 0.625. The third-order valence-electron chi connectivity index (χ3n) is 6.28. The van der Waals surface area contributed by atoms with E-state index < -0.39 is 0 Å². The van der Waals surface area contributed by atoms with Crippen molar-refractivity contribution in [1.82, 2.24) is 0 Å². The molecule has 0 aromatic heterocycles. The van der Waals surface area contributed by atoms with Crippen LogP contribution in [0.4, 0.5) is 11.4 Å². The first kappa shape index (κ1) is 14.8. The number of nitrogens with zero attached hydrogens (tertiary/aromatic N) is 1. The summed E-state index contributed by atoms with van der Waals surface area (Å²) in [4.78, 5) is 10.9. The number of nitrogens with one attached hydrogen (secondary N) is 1. The molecular weight excluding hydrogens is 332 g/mol. The van der Waals surface area contributed by atoms with Crippen molar-refractivity contribution in [3.05, 3.63) is 32.8 Å². The van der Waals surface area contributed by atoms with Gasteiger partial charge in [0.15, 0.2) is 0 Å². The summed E-state index contributed by atoms with van der Waals surface area (Å²) in [6, 6.07) is 5.55. The van der Waals surface area contributed by atoms with Gasteiger partial charge >= 0.3 is 0 Å². The number of fused-ring (bicyclic) bond motifs is 2. The number of anilines is 1. The molecule has 2 saturated carbocycles. The van der Waals surface area contributed by atoms with Gasteiger partial charge in [-0.15, -0.1) is 0 Å². The molecule has 0 saturated heterocycles. The maximum Gasteiger partial charge on any atom is 0.293 e. The second-order valence-corrected chi connectivity index (χ2v) is 8.14. The second kappa shape index (κ2) is 4.70. The Labute approximate surface area is 133 Å². The molecule has 2 aliphatic carbocycles. The summed E-state index contributed by atoms with van der Waals surface area (Å²) in [7, 11) is 0. The zero-order chi connectivity index (χ0) is 15.4. The molecule has 2 fully saturated rings. The van der Waals surface area contributed by atoms with Gasteiger partial charge in [0.1, 0.15) is 5.69 Å². The summed E-state index contributed by atoms with van der Waals surface area (Å²) in [5.41, 5.74) is 1.29. The van der Waals surface area contributed by atoms with E-state index in [0.717, 1.165) is 16.8 Å². The van der Waals surface area contributed by atoms with E-state index in [2.05, 4.69) is 42.0 Å². The topological polar surface area (TPSA) is 55.2 Å². The molecule has 0 aliphatic heterocycles. The van der Waals surface area contributed by atoms with E-state index in [1.54, 1.807) is 6.07 Å². The molecule has 1 N–H and O–H groups in total. The van der Waals surface area contributed by atoms with Crippen LogP contribution in [0, 0.1) is 26.9 Å². The Morgan fingerprint density at radius 1 is 1.38 bits per heavy atom. The van der Waals surface area contributed by atoms with Crippen molar-refractivity contribution in [1.29, 1.82) is 0 Å². The van der Waals surface area contributed by atoms with E-state index in [1.165, 1.54) is 12.8 Å². The predicted molar refractivity (Wildman–Crippen MR) is 87.4 cm³/mol. The van der Waals surface area contributed by atoms with Crippen LogP contribution in [0.15, 0.2) is 22.7 Å². The van der Waals surface area contributed by atoms with Crippen LogP contribution in [0.2, 0.25) is 0 Å². The van der Waals surface area contributed by atoms with Crippen LogP contribution in [0.5, 0.6) is 0 Å². The van der Waals surface area contributed by atoms with Crippen molar-refractivity contribution in [2.75, 3.05) is 5.32 Å². The molecule has 2 aliphatic rings. The Kier molecular flexibility index (Phi) is 3.32. The van der Waals surface area contributed by atoms with E-state index in [4.69, 9.17) is 0 Å². The molecule has 5 heteroatoms. The molecule has 4 nitrogen and oxygen atoms in total. The highest BCUT2D eigenvalue weighted by Crippen LogP contribution is 2.66. The number of rotatable bonds is 3. The fourth-order valence-electron chi connectivity index (χ4n) is 4.39. The molecule has 3 atom stereocenters. The number of benzene rings is 1. The van der Waals surface area contributed by atoms with Crippen LogP contribution < -0.4 is 5.32 Å². The zero-order valence-corrected chi connectivity index (χ0v) is 14.2. The van der Waals surface area contributed by atoms with Crippen LogP contribution >= 0.6 is 15.9 Å². The summed E-state index contributed by atoms with van der Waals surface area (Å²) in [5, 5.41) is 14.7. The lowest BCUT2D eigenvalue weighted by Gasteiger charge is -2.39. The maximum absolute atomic E-state index is 11.3. The molecule has 3 unspecified atom stereocenters. The van der Waals surface area contributed by atoms with Gasteiger partial charge in [-0.25, -0.2) is 0 Å². The minimum absolute atomic E-state index is 0.147. The van der Waals surface area contributed by atoms with Crippen LogP contribution in [0.25, 0.3) is 0 Å². The zero-order valence-electron chi connectivity index (χ0n) is 12.6. The first-order valence-electron chi connectivity index (χ1n) is 7.46. The monoisotopic (exact) mass is 352 g/mol. The van der Waals surface area contributed by atoms with E-state index in [0.29, 0.717) is 17.1 Å². The maximum atomic E-state index is 11.3. The molecule has 21 heavy (non-hydrogen) atoms. The lowest BCUT2D eigenvalue weighted by Crippen LogP contribution is -2.40. The summed E-state index contributed by atoms with van der Waals surface area (Å²) in [6.45, 7) is 7.03. The lowest BCUT2D eigenvalue weighted by atomic mass is 9.69. The van der Waals surface area contributed by atoms with Gasteiger partial charge in [-0.3, -0.25) is 10.1 Å². The number of hydrogen-bond donors (Lipinski definition) is 1. The molecule has 0 radical (unpaired) electrons. The van der Waals surface area contributed by atoms with Crippen molar-refractivity contribution in [2.24, 2.45) is 16.7 Å². The average Bonchev–Trinajstić information content (AvgIpc) is 2.73. The SMILES string of the molecule is CC1(C)C2CCC1(C)C(Nc1ccc(Br)cc1[N+](=O)[O-])C2. The van der Waals surface area contributed by atoms with Gasteiger partial charge in [0, 0.05) is 16.6 Å². The van der Waals surface area contributed by atoms with Gasteiger partial charge in [-0.05, 0) is 48.1 Å². The van der Waals surface area contributed by atoms with Crippen molar-refractivity contribution < 1.29 is 4.92 Å². The molecule has 1 aromatic rings. The third-order valence-corrected chi connectivity index (χ3v) is 6.77. The minimum atomic E-state index is -0.312. The van der Waals surface area contributed by atoms with E-state index in [-0.39, 0.29) is 16.0 Å². The van der Waals surface area contributed by atoms with Crippen LogP contribution in [-0.2, 0) is 0 Å². The van der Waals surface area contributed by atoms with Gasteiger partial charge < -0.3 is 5.32 Å². The Morgan fingerprint density at radius 2 is 2.10 bits per heavy atom. The Bertz CT molecular complexity index is 602. The number of hydrogen-bond acceptors (Lipinski definition) is 3. The predicted octanol–water partition coefficient (Wildman–Crippen LogP) is 4.98. The van der Waals surface area contributed by atoms with Gasteiger partial charge in [0.25, 0.3) is 5.69 Å². The number of nitro groups is 1. The third kappa shape index (κ3) is 2.08. The quantitative estimate of drug-likeness (QED) is 0.616. The number of nitro benzene ring substituents is 1. The Morgan fingerprint density at radius 3 is 2.62 bits per heavy atom. The van der Waals surface area contributed by atoms with E-state index in [1.807, 2.05) is 12.1 Å². The highest BCUT2D eigenvalue weighted by Gasteiger charge is 2.61. The minimum Gasteiger partial charge on any atom is -0.376 e. The molecule has 0 spiro atoms. The van der Waals surface area contributed by atoms with Gasteiger partial charge in [-0.2, -0.15) is 0 Å². The largest absolute Gasteiger partial charge is 0.376 e. The fourth-order valence-corrected chi connectivity index (χ4v) is 4.74. The van der Waals surface area contributed by atoms with Gasteiger partial charge in [-0.1, -0.05) is 36.7 Å². The molecule has 0 amide bonds. The van der Waals surface area contributed by atoms with Crippen LogP contribution in [0.3, 0.4) is 0 Å². The normalized spacial score (nSPS) is 33.1. The molecule has 1 aromatic carbocycles. The van der Waals surface area contributed by atoms with Crippen molar-refractivity contribution in [3.8, 4) is 0 Å². The molecule has 0 heterocycles. The van der Waals surface area contributed by atoms with Crippen molar-refractivity contribution in [2.45, 2.75) is 46.1 Å². The molecular formula is C16H21BrN2O2. The van der Waals surface area contributed by atoms with E-state index in [9.17, 15) is 10.1 Å². The Balaban J connectivity index is 1.91. The highest BCUT2D eigenvalue weighted by atomic mass is 79.9. The summed E-state index contributed by atoms with van der Waals surface area (Å²) in [6.07, 6.45) is 3.59. The Hall–Kier alpha value is -1.10. The van der Waals surface area contributed by atoms with Crippen LogP contribution in [0.1, 0.15) is 40.0 Å². The lowest BCUT2D eigenvalue weighted by molar-refractivity contribution is -0.384. The standard InChI is InChI=1S/C16H21BrN2O2/c1-15(2)10-6-7-16(15,3)14(8-10)18-12-5-4-11(17)9-13(12)19(20)21/h4-5,9-10,14,18H,6-8H2,1-3H3. The molecule has 2 bridgehead atoms. The molecule has 114 valence electrons. The van der Waals surface area contributed by atoms with Gasteiger partial charge in [0.05, 0.1) is 4.92 Å². The summed E-state index contributed by atoms with van der Waals surface area (Å²) in [5.74, 6) is 0.717. The smallest absolute Gasteiger partial charge is 0.293 e. The van der Waals surface area contributed by atoms with Crippen molar-refractivity contribution in [3.63, 3.8) is 0 Å². The first-order chi connectivity index (χ1) is 9.75. The average molecular weight is 353 g/mol. The van der Waals surface area contributed by atoms with E-state index >= 15 is 0 Å². The van der Waals surface area contributed by atoms with Crippen LogP contribution in [-0.4, -0.2) is 11.0 Å². The van der Waals surface area contributed by atoms with Gasteiger partial charge in [0.2, 0.25) is 0 Å². The second-order valence-electron chi connectivity index (χ2n) is 7.23. The highest BCUT2D eigenvalue weighted by molar-refractivity contribution is 9.10. The summed E-state index contributed by atoms with van der Waals surface area (Å²) >= 11 is 3.31. The number of halogens is 1. The first-order valence-corrected chi connectivity index (χ1v) is 8.25. The summed E-state index contributed by atoms with van der Waals surface area (Å²) < 4.78 is 0.735. The van der Waals surface area contributed by atoms with Crippen molar-refractivity contribution >= 4 is 27.3 Å². The molecule has 3 rings (SSSR count).